The smallest absolute Gasteiger partial charge is 0.333 e. The predicted molar refractivity (Wildman–Crippen MR) is 283 cm³/mol. The van der Waals surface area contributed by atoms with Crippen LogP contribution in [0.2, 0.25) is 0 Å². The fourth-order valence-corrected chi connectivity index (χ4v) is 12.4. The van der Waals surface area contributed by atoms with E-state index in [2.05, 4.69) is 228 Å². The van der Waals surface area contributed by atoms with E-state index in [0.717, 1.165) is 27.6 Å². The molecule has 0 N–H and O–H groups in total. The van der Waals surface area contributed by atoms with Crippen LogP contribution in [0.15, 0.2) is 168 Å². The Bertz CT molecular complexity index is 3660. The highest BCUT2D eigenvalue weighted by Crippen LogP contribution is 2.57. The molecule has 320 valence electrons. The van der Waals surface area contributed by atoms with Gasteiger partial charge < -0.3 is 14.1 Å². The van der Waals surface area contributed by atoms with Crippen molar-refractivity contribution in [3.8, 4) is 33.4 Å². The van der Waals surface area contributed by atoms with Crippen LogP contribution in [-0.2, 0) is 16.2 Å². The first kappa shape index (κ1) is 39.5. The quantitative estimate of drug-likeness (QED) is 0.165. The number of nitrogens with zero attached hydrogens (tertiary/aromatic N) is 2. The highest BCUT2D eigenvalue weighted by Gasteiger charge is 2.48. The summed E-state index contributed by atoms with van der Waals surface area (Å²) in [6.07, 6.45) is 0. The molecule has 2 aliphatic heterocycles. The van der Waals surface area contributed by atoms with E-state index in [1.165, 1.54) is 99.4 Å². The number of para-hydroxylation sites is 1. The van der Waals surface area contributed by atoms with Crippen molar-refractivity contribution >= 4 is 89.6 Å². The summed E-state index contributed by atoms with van der Waals surface area (Å²) in [6.45, 7) is 18.5. The average molecular weight is 871 g/mol. The van der Waals surface area contributed by atoms with Gasteiger partial charge in [0.2, 0.25) is 0 Å². The largest absolute Gasteiger partial charge is 0.455 e. The molecule has 5 heteroatoms. The normalized spacial score (nSPS) is 14.7. The van der Waals surface area contributed by atoms with Gasteiger partial charge in [-0.3, -0.25) is 0 Å². The summed E-state index contributed by atoms with van der Waals surface area (Å²) in [4.78, 5) is 5.28. The Morgan fingerprint density at radius 3 is 2.06 bits per heavy atom. The number of anilines is 5. The zero-order valence-electron chi connectivity index (χ0n) is 38.9. The summed E-state index contributed by atoms with van der Waals surface area (Å²) in [5, 5.41) is 5.76. The van der Waals surface area contributed by atoms with E-state index in [4.69, 9.17) is 4.42 Å². The van der Waals surface area contributed by atoms with Crippen LogP contribution >= 0.6 is 11.3 Å². The summed E-state index contributed by atoms with van der Waals surface area (Å²) in [5.41, 5.74) is 22.9. The number of rotatable bonds is 3. The molecule has 0 radical (unpaired) electrons. The molecule has 3 nitrogen and oxygen atoms in total. The minimum Gasteiger partial charge on any atom is -0.455 e. The van der Waals surface area contributed by atoms with Crippen molar-refractivity contribution in [3.63, 3.8) is 0 Å². The first-order valence-electron chi connectivity index (χ1n) is 23.4. The molecule has 13 rings (SSSR count). The fraction of sp³-hybridized carbons (Fsp3) is 0.180. The first-order valence-corrected chi connectivity index (χ1v) is 24.3. The van der Waals surface area contributed by atoms with E-state index in [9.17, 15) is 0 Å². The van der Waals surface area contributed by atoms with Gasteiger partial charge in [-0.05, 0) is 138 Å². The molecule has 0 amide bonds. The van der Waals surface area contributed by atoms with Crippen LogP contribution in [-0.4, -0.2) is 6.85 Å². The lowest BCUT2D eigenvalue weighted by Gasteiger charge is -2.46. The highest BCUT2D eigenvalue weighted by atomic mass is 32.1. The van der Waals surface area contributed by atoms with Gasteiger partial charge in [-0.25, -0.2) is 0 Å². The molecule has 66 heavy (non-hydrogen) atoms. The van der Waals surface area contributed by atoms with Gasteiger partial charge in [-0.1, -0.05) is 146 Å². The van der Waals surface area contributed by atoms with E-state index >= 15 is 0 Å². The lowest BCUT2D eigenvalue weighted by atomic mass is 9.43. The molecule has 0 bridgehead atoms. The van der Waals surface area contributed by atoms with Crippen molar-refractivity contribution in [1.82, 2.24) is 0 Å². The SMILES string of the molecule is CC(C)(C)c1ccc(N2B3c4cc5sccc5cc4N(c4ccc(C(C)(C)C)cc4-c4ccccc4)c4cc5c(oc6ccccc65)c(c43)-c3cc4c(cc32)C(C)(C)c2ccccc2-4)cc1. The monoisotopic (exact) mass is 870 g/mol. The van der Waals surface area contributed by atoms with Crippen molar-refractivity contribution < 1.29 is 4.42 Å². The van der Waals surface area contributed by atoms with Crippen molar-refractivity contribution in [3.05, 3.63) is 185 Å². The van der Waals surface area contributed by atoms with Crippen molar-refractivity contribution in [2.45, 2.75) is 71.6 Å². The Kier molecular flexibility index (Phi) is 8.16. The summed E-state index contributed by atoms with van der Waals surface area (Å²) in [6, 6.07) is 60.0. The zero-order chi connectivity index (χ0) is 45.0. The average Bonchev–Trinajstić information content (AvgIpc) is 3.99. The van der Waals surface area contributed by atoms with Gasteiger partial charge >= 0.3 is 6.85 Å². The maximum absolute atomic E-state index is 7.20. The molecular formula is C61H51BN2OS. The van der Waals surface area contributed by atoms with E-state index in [1.54, 1.807) is 0 Å². The highest BCUT2D eigenvalue weighted by molar-refractivity contribution is 7.17. The Labute approximate surface area is 392 Å². The molecule has 0 fully saturated rings. The number of hydrogen-bond donors (Lipinski definition) is 0. The minimum atomic E-state index is -0.184. The Hall–Kier alpha value is -6.82. The van der Waals surface area contributed by atoms with Gasteiger partial charge in [0, 0.05) is 60.3 Å². The third kappa shape index (κ3) is 5.56. The van der Waals surface area contributed by atoms with Crippen LogP contribution in [0.5, 0.6) is 0 Å². The molecule has 0 saturated heterocycles. The number of fused-ring (bicyclic) bond motifs is 12. The summed E-state index contributed by atoms with van der Waals surface area (Å²) >= 11 is 1.82. The van der Waals surface area contributed by atoms with Gasteiger partial charge in [-0.15, -0.1) is 11.3 Å². The Morgan fingerprint density at radius 2 is 1.27 bits per heavy atom. The fourth-order valence-electron chi connectivity index (χ4n) is 11.6. The molecule has 0 saturated carbocycles. The van der Waals surface area contributed by atoms with E-state index < -0.39 is 0 Å². The van der Waals surface area contributed by atoms with Crippen molar-refractivity contribution in [2.24, 2.45) is 0 Å². The predicted octanol–water partition coefficient (Wildman–Crippen LogP) is 16.1. The zero-order valence-corrected chi connectivity index (χ0v) is 39.7. The third-order valence-electron chi connectivity index (χ3n) is 15.0. The second-order valence-corrected chi connectivity index (χ2v) is 22.3. The minimum absolute atomic E-state index is 0.0172. The molecule has 2 aromatic heterocycles. The van der Waals surface area contributed by atoms with Crippen LogP contribution in [0.4, 0.5) is 28.4 Å². The number of furan rings is 1. The molecule has 3 aliphatic rings. The molecule has 8 aromatic carbocycles. The van der Waals surface area contributed by atoms with Crippen molar-refractivity contribution in [2.75, 3.05) is 9.71 Å². The lowest BCUT2D eigenvalue weighted by molar-refractivity contribution is 0.590. The number of thiophene rings is 1. The Morgan fingerprint density at radius 1 is 0.545 bits per heavy atom. The van der Waals surface area contributed by atoms with Crippen molar-refractivity contribution in [1.29, 1.82) is 0 Å². The summed E-state index contributed by atoms with van der Waals surface area (Å²) in [5.74, 6) is 0. The molecular weight excluding hydrogens is 820 g/mol. The first-order chi connectivity index (χ1) is 31.8. The maximum atomic E-state index is 7.20. The second-order valence-electron chi connectivity index (χ2n) is 21.4. The standard InChI is InChI=1S/C61H51BN2OS/c1-59(2,3)38-22-25-40(26-23-38)64-51-34-48-44(41-18-12-14-20-47(41)61(48,7)8)32-46(51)56-57-53(33-45-42-19-13-15-21-54(42)65-58(45)56)63(52-30-37-28-29-66-55(37)35-49(52)62(57)64)50-27-24-39(60(4,5)6)31-43(50)36-16-10-9-11-17-36/h9-35H,1-8H3. The molecule has 4 heterocycles. The molecule has 0 unspecified atom stereocenters. The van der Waals surface area contributed by atoms with E-state index in [0.29, 0.717) is 0 Å². The molecule has 0 spiro atoms. The number of benzene rings is 8. The second kappa shape index (κ2) is 13.6. The van der Waals surface area contributed by atoms with Crippen LogP contribution < -0.4 is 20.6 Å². The van der Waals surface area contributed by atoms with Gasteiger partial charge in [-0.2, -0.15) is 0 Å². The third-order valence-corrected chi connectivity index (χ3v) is 15.9. The van der Waals surface area contributed by atoms with Gasteiger partial charge in [0.15, 0.2) is 0 Å². The molecule has 0 atom stereocenters. The number of hydrogen-bond acceptors (Lipinski definition) is 4. The van der Waals surface area contributed by atoms with Gasteiger partial charge in [0.25, 0.3) is 0 Å². The Balaban J connectivity index is 1.21. The maximum Gasteiger partial charge on any atom is 0.333 e. The van der Waals surface area contributed by atoms with Crippen LogP contribution in [0.3, 0.4) is 0 Å². The van der Waals surface area contributed by atoms with Gasteiger partial charge in [0.1, 0.15) is 11.2 Å². The van der Waals surface area contributed by atoms with E-state index in [-0.39, 0.29) is 23.1 Å². The topological polar surface area (TPSA) is 19.6 Å². The molecule has 10 aromatic rings. The van der Waals surface area contributed by atoms with E-state index in [1.807, 2.05) is 11.3 Å². The van der Waals surface area contributed by atoms with Crippen LogP contribution in [0, 0.1) is 0 Å². The summed E-state index contributed by atoms with van der Waals surface area (Å²) < 4.78 is 8.49. The lowest BCUT2D eigenvalue weighted by Crippen LogP contribution is -2.61. The van der Waals surface area contributed by atoms with Crippen LogP contribution in [0.1, 0.15) is 77.6 Å². The van der Waals surface area contributed by atoms with Crippen LogP contribution in [0.25, 0.3) is 65.4 Å². The molecule has 1 aliphatic carbocycles. The summed E-state index contributed by atoms with van der Waals surface area (Å²) in [7, 11) is 0. The van der Waals surface area contributed by atoms with Gasteiger partial charge in [0.05, 0.1) is 5.69 Å².